The van der Waals surface area contributed by atoms with Crippen LogP contribution in [-0.4, -0.2) is 47.9 Å². The van der Waals surface area contributed by atoms with Crippen molar-refractivity contribution in [3.63, 3.8) is 0 Å². The molecule has 7 heteroatoms. The summed E-state index contributed by atoms with van der Waals surface area (Å²) in [6.45, 7) is 6.33. The van der Waals surface area contributed by atoms with Gasteiger partial charge in [-0.25, -0.2) is 14.3 Å². The molecular formula is C27H25FN4O2. The number of nitrogens with zero attached hydrogens (tertiary/aromatic N) is 4. The summed E-state index contributed by atoms with van der Waals surface area (Å²) < 4.78 is 13.6. The third-order valence-electron chi connectivity index (χ3n) is 6.35. The van der Waals surface area contributed by atoms with Crippen molar-refractivity contribution >= 4 is 28.9 Å². The number of hydrogen-bond acceptors (Lipinski definition) is 5. The fourth-order valence-electron chi connectivity index (χ4n) is 4.66. The zero-order chi connectivity index (χ0) is 23.8. The molecule has 0 saturated carbocycles. The summed E-state index contributed by atoms with van der Waals surface area (Å²) in [5, 5.41) is 0. The summed E-state index contributed by atoms with van der Waals surface area (Å²) in [5.41, 5.74) is 3.70. The van der Waals surface area contributed by atoms with Crippen LogP contribution in [0.25, 0.3) is 5.57 Å². The molecule has 2 aliphatic rings. The van der Waals surface area contributed by atoms with Gasteiger partial charge in [-0.15, -0.1) is 0 Å². The number of pyridine rings is 1. The quantitative estimate of drug-likeness (QED) is 0.557. The fourth-order valence-corrected chi connectivity index (χ4v) is 4.66. The van der Waals surface area contributed by atoms with Crippen molar-refractivity contribution in [2.75, 3.05) is 36.0 Å². The minimum atomic E-state index is -0.391. The molecule has 0 bridgehead atoms. The molecule has 3 heterocycles. The molecule has 5 rings (SSSR count). The van der Waals surface area contributed by atoms with Crippen molar-refractivity contribution < 1.29 is 14.0 Å². The summed E-state index contributed by atoms with van der Waals surface area (Å²) in [7, 11) is 0. The maximum Gasteiger partial charge on any atom is 0.282 e. The van der Waals surface area contributed by atoms with Gasteiger partial charge in [0.2, 0.25) is 0 Å². The number of aromatic nitrogens is 1. The van der Waals surface area contributed by atoms with Gasteiger partial charge < -0.3 is 9.80 Å². The first-order valence-corrected chi connectivity index (χ1v) is 11.3. The van der Waals surface area contributed by atoms with E-state index < -0.39 is 5.82 Å². The molecule has 34 heavy (non-hydrogen) atoms. The Morgan fingerprint density at radius 3 is 2.18 bits per heavy atom. The zero-order valence-electron chi connectivity index (χ0n) is 19.2. The van der Waals surface area contributed by atoms with Crippen LogP contribution in [0.4, 0.5) is 15.9 Å². The first-order valence-electron chi connectivity index (χ1n) is 11.3. The first kappa shape index (κ1) is 21.8. The highest BCUT2D eigenvalue weighted by Gasteiger charge is 2.43. The highest BCUT2D eigenvalue weighted by molar-refractivity contribution is 6.45. The number of amides is 2. The average molecular weight is 457 g/mol. The number of hydrogen-bond donors (Lipinski definition) is 0. The molecule has 1 saturated heterocycles. The summed E-state index contributed by atoms with van der Waals surface area (Å²) in [4.78, 5) is 37.3. The molecule has 2 aromatic carbocycles. The molecule has 0 spiro atoms. The van der Waals surface area contributed by atoms with E-state index in [0.29, 0.717) is 48.7 Å². The molecule has 1 aromatic heterocycles. The van der Waals surface area contributed by atoms with Crippen LogP contribution in [0.5, 0.6) is 0 Å². The second kappa shape index (κ2) is 8.74. The maximum absolute atomic E-state index is 13.8. The molecule has 0 radical (unpaired) electrons. The van der Waals surface area contributed by atoms with Gasteiger partial charge in [-0.3, -0.25) is 9.59 Å². The number of imide groups is 1. The molecule has 0 atom stereocenters. The van der Waals surface area contributed by atoms with Gasteiger partial charge in [-0.2, -0.15) is 0 Å². The summed E-state index contributed by atoms with van der Waals surface area (Å²) >= 11 is 0. The van der Waals surface area contributed by atoms with E-state index in [1.165, 1.54) is 17.0 Å². The molecule has 2 amide bonds. The van der Waals surface area contributed by atoms with Crippen LogP contribution < -0.4 is 9.80 Å². The van der Waals surface area contributed by atoms with Crippen LogP contribution in [0.15, 0.2) is 72.6 Å². The van der Waals surface area contributed by atoms with E-state index in [-0.39, 0.29) is 11.8 Å². The van der Waals surface area contributed by atoms with Crippen molar-refractivity contribution in [2.45, 2.75) is 13.8 Å². The van der Waals surface area contributed by atoms with Crippen molar-refractivity contribution in [2.24, 2.45) is 0 Å². The molecule has 172 valence electrons. The first-order chi connectivity index (χ1) is 16.4. The minimum absolute atomic E-state index is 0.316. The number of piperazine rings is 1. The van der Waals surface area contributed by atoms with Crippen LogP contribution >= 0.6 is 0 Å². The standard InChI is InChI=1S/C27H25FN4O2/c1-18-6-11-22(19(2)17-18)32-26(33)24(20-7-9-21(28)10-8-20)25(27(32)34)31-15-13-30(14-16-31)23-5-3-4-12-29-23/h3-12,17H,13-16H2,1-2H3. The van der Waals surface area contributed by atoms with Crippen LogP contribution in [0, 0.1) is 19.7 Å². The number of halogens is 1. The second-order valence-electron chi connectivity index (χ2n) is 8.63. The largest absolute Gasteiger partial charge is 0.363 e. The van der Waals surface area contributed by atoms with E-state index in [1.54, 1.807) is 18.3 Å². The van der Waals surface area contributed by atoms with Crippen molar-refractivity contribution in [3.8, 4) is 0 Å². The second-order valence-corrected chi connectivity index (χ2v) is 8.63. The monoisotopic (exact) mass is 456 g/mol. The lowest BCUT2D eigenvalue weighted by molar-refractivity contribution is -0.120. The average Bonchev–Trinajstić information content (AvgIpc) is 3.10. The topological polar surface area (TPSA) is 56.8 Å². The minimum Gasteiger partial charge on any atom is -0.363 e. The highest BCUT2D eigenvalue weighted by atomic mass is 19.1. The Kier molecular flexibility index (Phi) is 5.61. The molecular weight excluding hydrogens is 431 g/mol. The lowest BCUT2D eigenvalue weighted by atomic mass is 10.0. The summed E-state index contributed by atoms with van der Waals surface area (Å²) in [6, 6.07) is 17.2. The SMILES string of the molecule is Cc1ccc(N2C(=O)C(c3ccc(F)cc3)=C(N3CCN(c4ccccn4)CC3)C2=O)c(C)c1. The predicted octanol–water partition coefficient (Wildman–Crippen LogP) is 3.94. The lowest BCUT2D eigenvalue weighted by Crippen LogP contribution is -2.48. The summed E-state index contributed by atoms with van der Waals surface area (Å²) in [5.74, 6) is -0.230. The maximum atomic E-state index is 13.8. The van der Waals surface area contributed by atoms with Gasteiger partial charge in [0.15, 0.2) is 0 Å². The van der Waals surface area contributed by atoms with Crippen molar-refractivity contribution in [1.82, 2.24) is 9.88 Å². The van der Waals surface area contributed by atoms with Crippen LogP contribution in [0.2, 0.25) is 0 Å². The van der Waals surface area contributed by atoms with E-state index in [2.05, 4.69) is 9.88 Å². The molecule has 0 unspecified atom stereocenters. The molecule has 6 nitrogen and oxygen atoms in total. The molecule has 1 fully saturated rings. The Labute approximate surface area is 197 Å². The number of aryl methyl sites for hydroxylation is 2. The number of rotatable bonds is 4. The number of carbonyl (C=O) groups excluding carboxylic acids is 2. The molecule has 0 aliphatic carbocycles. The Bertz CT molecular complexity index is 1280. The van der Waals surface area contributed by atoms with Crippen molar-refractivity contribution in [3.05, 3.63) is 95.1 Å². The normalized spacial score (nSPS) is 16.6. The van der Waals surface area contributed by atoms with Gasteiger partial charge in [0.1, 0.15) is 17.3 Å². The van der Waals surface area contributed by atoms with Gasteiger partial charge in [-0.1, -0.05) is 35.9 Å². The summed E-state index contributed by atoms with van der Waals surface area (Å²) in [6.07, 6.45) is 1.76. The van der Waals surface area contributed by atoms with Gasteiger partial charge in [0.05, 0.1) is 11.3 Å². The van der Waals surface area contributed by atoms with E-state index in [9.17, 15) is 14.0 Å². The third kappa shape index (κ3) is 3.83. The number of anilines is 2. The Balaban J connectivity index is 1.52. The molecule has 0 N–H and O–H groups in total. The third-order valence-corrected chi connectivity index (χ3v) is 6.35. The zero-order valence-corrected chi connectivity index (χ0v) is 19.2. The molecule has 3 aromatic rings. The Hall–Kier alpha value is -4.00. The lowest BCUT2D eigenvalue weighted by Gasteiger charge is -2.37. The van der Waals surface area contributed by atoms with Gasteiger partial charge in [0, 0.05) is 32.4 Å². The van der Waals surface area contributed by atoms with E-state index >= 15 is 0 Å². The van der Waals surface area contributed by atoms with Gasteiger partial charge in [-0.05, 0) is 55.3 Å². The smallest absolute Gasteiger partial charge is 0.282 e. The molecule has 2 aliphatic heterocycles. The fraction of sp³-hybridized carbons (Fsp3) is 0.222. The van der Waals surface area contributed by atoms with E-state index in [1.807, 2.05) is 55.1 Å². The number of carbonyl (C=O) groups is 2. The van der Waals surface area contributed by atoms with Gasteiger partial charge >= 0.3 is 0 Å². The highest BCUT2D eigenvalue weighted by Crippen LogP contribution is 2.36. The van der Waals surface area contributed by atoms with Gasteiger partial charge in [0.25, 0.3) is 11.8 Å². The van der Waals surface area contributed by atoms with Crippen molar-refractivity contribution in [1.29, 1.82) is 0 Å². The van der Waals surface area contributed by atoms with Crippen LogP contribution in [-0.2, 0) is 9.59 Å². The predicted molar refractivity (Wildman–Crippen MR) is 130 cm³/mol. The van der Waals surface area contributed by atoms with Crippen LogP contribution in [0.1, 0.15) is 16.7 Å². The van der Waals surface area contributed by atoms with E-state index in [4.69, 9.17) is 0 Å². The Morgan fingerprint density at radius 1 is 0.824 bits per heavy atom. The number of benzene rings is 2. The van der Waals surface area contributed by atoms with E-state index in [0.717, 1.165) is 16.9 Å². The Morgan fingerprint density at radius 2 is 1.53 bits per heavy atom. The van der Waals surface area contributed by atoms with Crippen LogP contribution in [0.3, 0.4) is 0 Å².